The lowest BCUT2D eigenvalue weighted by atomic mass is 9.97. The Morgan fingerprint density at radius 2 is 1.86 bits per heavy atom. The number of carbonyl (C=O) groups excluding carboxylic acids is 2. The first-order valence-corrected chi connectivity index (χ1v) is 4.04. The molecule has 0 amide bonds. The third-order valence-corrected chi connectivity index (χ3v) is 1.64. The molecule has 0 rings (SSSR count). The lowest BCUT2D eigenvalue weighted by Crippen LogP contribution is -2.46. The number of carbonyl (C=O) groups is 3. The number of hydrogen-bond acceptors (Lipinski definition) is 4. The summed E-state index contributed by atoms with van der Waals surface area (Å²) in [6, 6.07) is 0. The Morgan fingerprint density at radius 1 is 1.36 bits per heavy atom. The Bertz CT molecular complexity index is 262. The largest absolute Gasteiger partial charge is 0.475 e. The van der Waals surface area contributed by atoms with E-state index in [4.69, 9.17) is 5.11 Å². The second kappa shape index (κ2) is 4.69. The van der Waals surface area contributed by atoms with Gasteiger partial charge in [-0.25, -0.2) is 14.0 Å². The number of esters is 1. The van der Waals surface area contributed by atoms with Gasteiger partial charge in [-0.1, -0.05) is 6.92 Å². The maximum absolute atomic E-state index is 13.5. The summed E-state index contributed by atoms with van der Waals surface area (Å²) in [4.78, 5) is 32.0. The molecule has 0 spiro atoms. The van der Waals surface area contributed by atoms with Gasteiger partial charge in [0.2, 0.25) is 0 Å². The van der Waals surface area contributed by atoms with Crippen LogP contribution in [0.2, 0.25) is 0 Å². The summed E-state index contributed by atoms with van der Waals surface area (Å²) in [5.74, 6) is -5.23. The normalized spacial score (nSPS) is 14.2. The third kappa shape index (κ3) is 2.27. The predicted molar refractivity (Wildman–Crippen MR) is 43.4 cm³/mol. The van der Waals surface area contributed by atoms with Crippen molar-refractivity contribution in [1.29, 1.82) is 0 Å². The highest BCUT2D eigenvalue weighted by atomic mass is 19.1. The molecule has 0 saturated carbocycles. The van der Waals surface area contributed by atoms with Gasteiger partial charge in [-0.3, -0.25) is 4.79 Å². The quantitative estimate of drug-likeness (QED) is 0.398. The molecule has 1 atom stereocenters. The fourth-order valence-electron chi connectivity index (χ4n) is 0.813. The Labute approximate surface area is 79.9 Å². The molecule has 0 aliphatic rings. The van der Waals surface area contributed by atoms with Crippen molar-refractivity contribution in [3.05, 3.63) is 0 Å². The second-order valence-corrected chi connectivity index (χ2v) is 2.51. The molecule has 0 fully saturated rings. The first-order valence-electron chi connectivity index (χ1n) is 4.04. The van der Waals surface area contributed by atoms with Crippen LogP contribution in [-0.2, 0) is 19.1 Å². The van der Waals surface area contributed by atoms with Crippen LogP contribution in [0, 0.1) is 0 Å². The SMILES string of the molecule is CCOC(=O)C(F)(CC)C(=O)C(=O)O. The van der Waals surface area contributed by atoms with Crippen LogP contribution in [0.5, 0.6) is 0 Å². The average Bonchev–Trinajstić information content (AvgIpc) is 2.15. The highest BCUT2D eigenvalue weighted by molar-refractivity contribution is 6.40. The summed E-state index contributed by atoms with van der Waals surface area (Å²) < 4.78 is 17.8. The molecule has 0 radical (unpaired) electrons. The molecular formula is C8H11FO5. The molecule has 0 aliphatic heterocycles. The zero-order chi connectivity index (χ0) is 11.4. The standard InChI is InChI=1S/C8H11FO5/c1-3-8(9,5(10)6(11)12)7(13)14-4-2/h3-4H2,1-2H3,(H,11,12). The number of halogens is 1. The van der Waals surface area contributed by atoms with Gasteiger partial charge in [-0.2, -0.15) is 0 Å². The van der Waals surface area contributed by atoms with E-state index in [2.05, 4.69) is 4.74 Å². The van der Waals surface area contributed by atoms with E-state index in [0.29, 0.717) is 0 Å². The topological polar surface area (TPSA) is 80.7 Å². The van der Waals surface area contributed by atoms with E-state index in [9.17, 15) is 18.8 Å². The molecule has 6 heteroatoms. The first-order chi connectivity index (χ1) is 6.40. The van der Waals surface area contributed by atoms with Gasteiger partial charge in [-0.15, -0.1) is 0 Å². The molecule has 0 aromatic heterocycles. The highest BCUT2D eigenvalue weighted by Gasteiger charge is 2.49. The highest BCUT2D eigenvalue weighted by Crippen LogP contribution is 2.19. The van der Waals surface area contributed by atoms with Gasteiger partial charge in [0.05, 0.1) is 6.61 Å². The molecule has 1 unspecified atom stereocenters. The van der Waals surface area contributed by atoms with Crippen LogP contribution in [0.15, 0.2) is 0 Å². The zero-order valence-electron chi connectivity index (χ0n) is 7.87. The number of ether oxygens (including phenoxy) is 1. The molecule has 0 aliphatic carbocycles. The van der Waals surface area contributed by atoms with Gasteiger partial charge in [0.1, 0.15) is 0 Å². The molecule has 0 saturated heterocycles. The molecule has 5 nitrogen and oxygen atoms in total. The minimum atomic E-state index is -3.07. The maximum Gasteiger partial charge on any atom is 0.376 e. The molecule has 0 bridgehead atoms. The van der Waals surface area contributed by atoms with Crippen LogP contribution >= 0.6 is 0 Å². The van der Waals surface area contributed by atoms with E-state index >= 15 is 0 Å². The van der Waals surface area contributed by atoms with E-state index in [0.717, 1.165) is 0 Å². The van der Waals surface area contributed by atoms with E-state index in [1.54, 1.807) is 0 Å². The Hall–Kier alpha value is -1.46. The summed E-state index contributed by atoms with van der Waals surface area (Å²) in [6.07, 6.45) is -0.559. The van der Waals surface area contributed by atoms with Crippen molar-refractivity contribution in [1.82, 2.24) is 0 Å². The Morgan fingerprint density at radius 3 is 2.14 bits per heavy atom. The lowest BCUT2D eigenvalue weighted by molar-refractivity contribution is -0.169. The molecule has 0 aromatic rings. The molecular weight excluding hydrogens is 195 g/mol. The second-order valence-electron chi connectivity index (χ2n) is 2.51. The summed E-state index contributed by atoms with van der Waals surface area (Å²) in [5, 5.41) is 8.27. The summed E-state index contributed by atoms with van der Waals surface area (Å²) in [7, 11) is 0. The number of carboxylic acid groups (broad SMARTS) is 1. The molecule has 0 heterocycles. The van der Waals surface area contributed by atoms with Crippen molar-refractivity contribution in [3.8, 4) is 0 Å². The minimum Gasteiger partial charge on any atom is -0.475 e. The molecule has 80 valence electrons. The van der Waals surface area contributed by atoms with Gasteiger partial charge < -0.3 is 9.84 Å². The number of aliphatic carboxylic acids is 1. The van der Waals surface area contributed by atoms with Crippen molar-refractivity contribution in [2.75, 3.05) is 6.61 Å². The first kappa shape index (κ1) is 12.5. The van der Waals surface area contributed by atoms with Crippen LogP contribution in [0.4, 0.5) is 4.39 Å². The van der Waals surface area contributed by atoms with E-state index in [-0.39, 0.29) is 6.61 Å². The van der Waals surface area contributed by atoms with Crippen molar-refractivity contribution < 1.29 is 28.6 Å². The monoisotopic (exact) mass is 206 g/mol. The summed E-state index contributed by atoms with van der Waals surface area (Å²) in [5.41, 5.74) is -3.07. The third-order valence-electron chi connectivity index (χ3n) is 1.64. The van der Waals surface area contributed by atoms with Crippen LogP contribution in [0.25, 0.3) is 0 Å². The molecule has 0 aromatic carbocycles. The van der Waals surface area contributed by atoms with E-state index in [1.165, 1.54) is 13.8 Å². The van der Waals surface area contributed by atoms with Crippen molar-refractivity contribution in [3.63, 3.8) is 0 Å². The summed E-state index contributed by atoms with van der Waals surface area (Å²) >= 11 is 0. The molecule has 1 N–H and O–H groups in total. The van der Waals surface area contributed by atoms with Gasteiger partial charge >= 0.3 is 11.9 Å². The minimum absolute atomic E-state index is 0.114. The van der Waals surface area contributed by atoms with E-state index in [1.807, 2.05) is 0 Å². The van der Waals surface area contributed by atoms with Gasteiger partial charge in [-0.05, 0) is 13.3 Å². The van der Waals surface area contributed by atoms with Crippen molar-refractivity contribution in [2.45, 2.75) is 25.9 Å². The van der Waals surface area contributed by atoms with Crippen LogP contribution in [0.1, 0.15) is 20.3 Å². The van der Waals surface area contributed by atoms with Gasteiger partial charge in [0.25, 0.3) is 11.5 Å². The van der Waals surface area contributed by atoms with Crippen LogP contribution in [0.3, 0.4) is 0 Å². The number of alkyl halides is 1. The number of rotatable bonds is 5. The fourth-order valence-corrected chi connectivity index (χ4v) is 0.813. The number of carboxylic acids is 1. The van der Waals surface area contributed by atoms with Crippen molar-refractivity contribution >= 4 is 17.7 Å². The van der Waals surface area contributed by atoms with E-state index < -0.39 is 29.8 Å². The Balaban J connectivity index is 4.88. The number of ketones is 1. The number of hydrogen-bond donors (Lipinski definition) is 1. The maximum atomic E-state index is 13.5. The fraction of sp³-hybridized carbons (Fsp3) is 0.625. The van der Waals surface area contributed by atoms with Crippen molar-refractivity contribution in [2.24, 2.45) is 0 Å². The Kier molecular flexibility index (Phi) is 4.20. The zero-order valence-corrected chi connectivity index (χ0v) is 7.87. The van der Waals surface area contributed by atoms with Gasteiger partial charge in [0, 0.05) is 0 Å². The predicted octanol–water partition coefficient (Wildman–Crippen LogP) is 0.321. The van der Waals surface area contributed by atoms with Crippen LogP contribution < -0.4 is 0 Å². The smallest absolute Gasteiger partial charge is 0.376 e. The average molecular weight is 206 g/mol. The van der Waals surface area contributed by atoms with Crippen LogP contribution in [-0.4, -0.2) is 35.1 Å². The van der Waals surface area contributed by atoms with Gasteiger partial charge in [0.15, 0.2) is 0 Å². The molecule has 14 heavy (non-hydrogen) atoms. The number of Topliss-reactive ketones (excluding diaryl/α,β-unsaturated/α-hetero) is 1. The lowest BCUT2D eigenvalue weighted by Gasteiger charge is -2.17. The summed E-state index contributed by atoms with van der Waals surface area (Å²) in [6.45, 7) is 2.51.